The van der Waals surface area contributed by atoms with E-state index in [0.29, 0.717) is 47.7 Å². The lowest BCUT2D eigenvalue weighted by Crippen LogP contribution is -2.16. The van der Waals surface area contributed by atoms with Gasteiger partial charge in [-0.1, -0.05) is 11.8 Å². The Bertz CT molecular complexity index is 805. The molecule has 8 nitrogen and oxygen atoms in total. The highest BCUT2D eigenvalue weighted by molar-refractivity contribution is 7.99. The number of benzene rings is 1. The van der Waals surface area contributed by atoms with Crippen molar-refractivity contribution < 1.29 is 19.1 Å². The fourth-order valence-corrected chi connectivity index (χ4v) is 3.18. The van der Waals surface area contributed by atoms with Crippen LogP contribution in [-0.2, 0) is 18.3 Å². The van der Waals surface area contributed by atoms with Crippen LogP contribution >= 0.6 is 11.8 Å². The lowest BCUT2D eigenvalue weighted by Gasteiger charge is -2.18. The lowest BCUT2D eigenvalue weighted by atomic mass is 10.1. The molecule has 0 bridgehead atoms. The van der Waals surface area contributed by atoms with Gasteiger partial charge in [-0.2, -0.15) is 0 Å². The standard InChI is InChI=1S/C16H18N4O4S/c1-20-15(5-4-14(17)22)18-19-16(20)25-9-11(21)10-2-3-12-13(8-10)24-7-6-23-12/h2-3,8H,4-7,9H2,1H3,(H2,17,22). The van der Waals surface area contributed by atoms with Gasteiger partial charge < -0.3 is 19.8 Å². The van der Waals surface area contributed by atoms with E-state index >= 15 is 0 Å². The number of ketones is 1. The molecule has 0 saturated carbocycles. The number of aryl methyl sites for hydroxylation is 1. The van der Waals surface area contributed by atoms with Crippen LogP contribution in [0.25, 0.3) is 0 Å². The van der Waals surface area contributed by atoms with E-state index in [1.165, 1.54) is 11.8 Å². The van der Waals surface area contributed by atoms with Crippen LogP contribution in [0.15, 0.2) is 23.4 Å². The van der Waals surface area contributed by atoms with Crippen molar-refractivity contribution >= 4 is 23.5 Å². The van der Waals surface area contributed by atoms with Crippen molar-refractivity contribution in [3.05, 3.63) is 29.6 Å². The summed E-state index contributed by atoms with van der Waals surface area (Å²) in [6.45, 7) is 0.993. The summed E-state index contributed by atoms with van der Waals surface area (Å²) >= 11 is 1.29. The quantitative estimate of drug-likeness (QED) is 0.577. The second-order valence-electron chi connectivity index (χ2n) is 5.49. The number of fused-ring (bicyclic) bond motifs is 1. The molecule has 3 rings (SSSR count). The maximum absolute atomic E-state index is 12.4. The van der Waals surface area contributed by atoms with Crippen molar-refractivity contribution in [2.75, 3.05) is 19.0 Å². The predicted molar refractivity (Wildman–Crippen MR) is 91.0 cm³/mol. The molecule has 9 heteroatoms. The Kier molecular flexibility index (Phi) is 5.22. The summed E-state index contributed by atoms with van der Waals surface area (Å²) in [5.74, 6) is 1.71. The van der Waals surface area contributed by atoms with Crippen molar-refractivity contribution in [1.29, 1.82) is 0 Å². The summed E-state index contributed by atoms with van der Waals surface area (Å²) in [6, 6.07) is 5.17. The van der Waals surface area contributed by atoms with Gasteiger partial charge in [0.1, 0.15) is 19.0 Å². The van der Waals surface area contributed by atoms with Crippen molar-refractivity contribution in [2.24, 2.45) is 12.8 Å². The van der Waals surface area contributed by atoms with E-state index in [-0.39, 0.29) is 23.9 Å². The SMILES string of the molecule is Cn1c(CCC(N)=O)nnc1SCC(=O)c1ccc2c(c1)OCCO2. The Balaban J connectivity index is 1.62. The third-order valence-corrected chi connectivity index (χ3v) is 4.74. The Morgan fingerprint density at radius 3 is 2.76 bits per heavy atom. The number of nitrogens with two attached hydrogens (primary N) is 1. The summed E-state index contributed by atoms with van der Waals surface area (Å²) in [5.41, 5.74) is 5.71. The minimum atomic E-state index is -0.383. The van der Waals surface area contributed by atoms with Crippen LogP contribution in [0.5, 0.6) is 11.5 Å². The van der Waals surface area contributed by atoms with E-state index < -0.39 is 0 Å². The van der Waals surface area contributed by atoms with Crippen LogP contribution in [0, 0.1) is 0 Å². The minimum absolute atomic E-state index is 0.0383. The van der Waals surface area contributed by atoms with Gasteiger partial charge in [0.15, 0.2) is 22.4 Å². The van der Waals surface area contributed by atoms with Crippen LogP contribution in [0.3, 0.4) is 0 Å². The topological polar surface area (TPSA) is 109 Å². The number of hydrogen-bond acceptors (Lipinski definition) is 7. The van der Waals surface area contributed by atoms with Gasteiger partial charge in [0.2, 0.25) is 5.91 Å². The second-order valence-corrected chi connectivity index (χ2v) is 6.44. The van der Waals surface area contributed by atoms with Gasteiger partial charge in [-0.3, -0.25) is 9.59 Å². The maximum atomic E-state index is 12.4. The monoisotopic (exact) mass is 362 g/mol. The van der Waals surface area contributed by atoms with E-state index in [4.69, 9.17) is 15.2 Å². The molecule has 0 radical (unpaired) electrons. The highest BCUT2D eigenvalue weighted by Crippen LogP contribution is 2.31. The average molecular weight is 362 g/mol. The molecular weight excluding hydrogens is 344 g/mol. The maximum Gasteiger partial charge on any atom is 0.217 e. The summed E-state index contributed by atoms with van der Waals surface area (Å²) in [6.07, 6.45) is 0.641. The summed E-state index contributed by atoms with van der Waals surface area (Å²) in [4.78, 5) is 23.3. The van der Waals surface area contributed by atoms with E-state index in [1.54, 1.807) is 29.8 Å². The van der Waals surface area contributed by atoms with Crippen LogP contribution < -0.4 is 15.2 Å². The second kappa shape index (κ2) is 7.56. The van der Waals surface area contributed by atoms with Gasteiger partial charge in [-0.15, -0.1) is 10.2 Å². The van der Waals surface area contributed by atoms with E-state index in [1.807, 2.05) is 0 Å². The first-order valence-corrected chi connectivity index (χ1v) is 8.75. The number of amides is 1. The zero-order valence-electron chi connectivity index (χ0n) is 13.7. The highest BCUT2D eigenvalue weighted by atomic mass is 32.2. The Morgan fingerprint density at radius 1 is 1.24 bits per heavy atom. The molecule has 2 heterocycles. The summed E-state index contributed by atoms with van der Waals surface area (Å²) < 4.78 is 12.7. The van der Waals surface area contributed by atoms with E-state index in [9.17, 15) is 9.59 Å². The van der Waals surface area contributed by atoms with Crippen molar-refractivity contribution in [3.63, 3.8) is 0 Å². The van der Waals surface area contributed by atoms with E-state index in [0.717, 1.165) is 0 Å². The van der Waals surface area contributed by atoms with Gasteiger partial charge in [-0.25, -0.2) is 0 Å². The molecule has 0 atom stereocenters. The van der Waals surface area contributed by atoms with Crippen molar-refractivity contribution in [2.45, 2.75) is 18.0 Å². The predicted octanol–water partition coefficient (Wildman–Crippen LogP) is 0.979. The van der Waals surface area contributed by atoms with Crippen molar-refractivity contribution in [3.8, 4) is 11.5 Å². The first-order valence-electron chi connectivity index (χ1n) is 7.77. The van der Waals surface area contributed by atoms with Gasteiger partial charge in [0.25, 0.3) is 0 Å². The fourth-order valence-electron chi connectivity index (χ4n) is 2.35. The molecule has 1 aromatic heterocycles. The number of thioether (sulfide) groups is 1. The van der Waals surface area contributed by atoms with Gasteiger partial charge in [0, 0.05) is 25.5 Å². The lowest BCUT2D eigenvalue weighted by molar-refractivity contribution is -0.118. The average Bonchev–Trinajstić information content (AvgIpc) is 2.97. The number of primary amides is 1. The van der Waals surface area contributed by atoms with Crippen LogP contribution in [0.2, 0.25) is 0 Å². The third kappa shape index (κ3) is 4.11. The summed E-state index contributed by atoms with van der Waals surface area (Å²) in [7, 11) is 1.80. The molecule has 0 spiro atoms. The number of hydrogen-bond donors (Lipinski definition) is 1. The molecule has 25 heavy (non-hydrogen) atoms. The largest absolute Gasteiger partial charge is 0.486 e. The molecule has 0 fully saturated rings. The molecule has 0 unspecified atom stereocenters. The number of carbonyl (C=O) groups excluding carboxylic acids is 2. The van der Waals surface area contributed by atoms with Gasteiger partial charge >= 0.3 is 0 Å². The molecule has 1 aliphatic rings. The van der Waals surface area contributed by atoms with Gasteiger partial charge in [0.05, 0.1) is 5.75 Å². The zero-order chi connectivity index (χ0) is 17.8. The Morgan fingerprint density at radius 2 is 2.00 bits per heavy atom. The number of rotatable bonds is 7. The number of ether oxygens (including phenoxy) is 2. The first kappa shape index (κ1) is 17.3. The molecule has 0 aliphatic carbocycles. The molecule has 2 N–H and O–H groups in total. The van der Waals surface area contributed by atoms with Crippen LogP contribution in [-0.4, -0.2) is 45.4 Å². The van der Waals surface area contributed by atoms with E-state index in [2.05, 4.69) is 10.2 Å². The molecule has 2 aromatic rings. The zero-order valence-corrected chi connectivity index (χ0v) is 14.5. The molecule has 1 aromatic carbocycles. The number of Topliss-reactive ketones (excluding diaryl/α,β-unsaturated/α-hetero) is 1. The molecular formula is C16H18N4O4S. The first-order chi connectivity index (χ1) is 12.0. The molecule has 1 aliphatic heterocycles. The highest BCUT2D eigenvalue weighted by Gasteiger charge is 2.17. The Hall–Kier alpha value is -2.55. The van der Waals surface area contributed by atoms with Crippen LogP contribution in [0.4, 0.5) is 0 Å². The number of nitrogens with zero attached hydrogens (tertiary/aromatic N) is 3. The number of aromatic nitrogens is 3. The normalized spacial score (nSPS) is 12.8. The minimum Gasteiger partial charge on any atom is -0.486 e. The smallest absolute Gasteiger partial charge is 0.217 e. The van der Waals surface area contributed by atoms with Gasteiger partial charge in [-0.05, 0) is 18.2 Å². The molecule has 1 amide bonds. The number of carbonyl (C=O) groups is 2. The van der Waals surface area contributed by atoms with Crippen molar-refractivity contribution in [1.82, 2.24) is 14.8 Å². The molecule has 132 valence electrons. The third-order valence-electron chi connectivity index (χ3n) is 3.72. The Labute approximate surface area is 148 Å². The van der Waals surface area contributed by atoms with Crippen LogP contribution in [0.1, 0.15) is 22.6 Å². The molecule has 0 saturated heterocycles. The summed E-state index contributed by atoms with van der Waals surface area (Å²) in [5, 5.41) is 8.71. The fraction of sp³-hybridized carbons (Fsp3) is 0.375.